The quantitative estimate of drug-likeness (QED) is 0.260. The van der Waals surface area contributed by atoms with Gasteiger partial charge in [-0.05, 0) is 18.9 Å². The molecule has 0 heterocycles. The molecule has 0 amide bonds. The molecule has 0 N–H and O–H groups in total. The molecule has 0 rings (SSSR count). The maximum absolute atomic E-state index is 12.4. The van der Waals surface area contributed by atoms with Crippen molar-refractivity contribution < 1.29 is 52.6 Å². The molecule has 0 aliphatic carbocycles. The van der Waals surface area contributed by atoms with Gasteiger partial charge in [0, 0.05) is 0 Å². The minimum atomic E-state index is -4.66. The van der Waals surface area contributed by atoms with E-state index in [-0.39, 0.29) is 35.6 Å². The summed E-state index contributed by atoms with van der Waals surface area (Å²) in [5.41, 5.74) is -1.18. The molecule has 0 atom stereocenters. The van der Waals surface area contributed by atoms with E-state index in [0.29, 0.717) is 6.42 Å². The van der Waals surface area contributed by atoms with Crippen molar-refractivity contribution in [2.45, 2.75) is 64.5 Å². The summed E-state index contributed by atoms with van der Waals surface area (Å²) in [6, 6.07) is 0. The zero-order valence-corrected chi connectivity index (χ0v) is 14.8. The number of carbonyl (C=O) groups excluding carboxylic acids is 1. The minimum Gasteiger partial charge on any atom is -0.545 e. The van der Waals surface area contributed by atoms with Gasteiger partial charge >= 0.3 is 35.7 Å². The first kappa shape index (κ1) is 23.0. The standard InChI is InChI=1S/C15H23F3O2.Na/c1-2-3-4-5-6-7-8-9-10-11-13(12-14(19)20)15(16,17)18;/h10-12H,2-9H2,1H3,(H,19,20);/q;+1/p-1/b11-10+,13-12+;. The number of alkyl halides is 3. The molecular weight excluding hydrogens is 292 g/mol. The van der Waals surface area contributed by atoms with Gasteiger partial charge in [0.2, 0.25) is 0 Å². The van der Waals surface area contributed by atoms with Gasteiger partial charge in [-0.25, -0.2) is 0 Å². The third-order valence-corrected chi connectivity index (χ3v) is 2.87. The average molecular weight is 314 g/mol. The number of rotatable bonds is 10. The van der Waals surface area contributed by atoms with E-state index in [2.05, 4.69) is 6.92 Å². The molecule has 0 aliphatic heterocycles. The van der Waals surface area contributed by atoms with E-state index >= 15 is 0 Å². The molecule has 0 saturated carbocycles. The van der Waals surface area contributed by atoms with Gasteiger partial charge in [0.15, 0.2) is 0 Å². The molecule has 2 nitrogen and oxygen atoms in total. The second kappa shape index (κ2) is 13.4. The van der Waals surface area contributed by atoms with E-state index in [0.717, 1.165) is 31.8 Å². The summed E-state index contributed by atoms with van der Waals surface area (Å²) in [6.07, 6.45) is 5.81. The Hall–Kier alpha value is -0.260. The molecule has 0 spiro atoms. The minimum absolute atomic E-state index is 0. The first-order valence-corrected chi connectivity index (χ1v) is 7.04. The van der Waals surface area contributed by atoms with E-state index in [4.69, 9.17) is 0 Å². The summed E-state index contributed by atoms with van der Waals surface area (Å²) in [5, 5.41) is 10.2. The Morgan fingerprint density at radius 1 is 1.05 bits per heavy atom. The number of hydrogen-bond donors (Lipinski definition) is 0. The number of aliphatic carboxylic acids is 1. The van der Waals surface area contributed by atoms with Crippen molar-refractivity contribution in [3.05, 3.63) is 23.8 Å². The molecule has 0 bridgehead atoms. The second-order valence-electron chi connectivity index (χ2n) is 4.73. The van der Waals surface area contributed by atoms with Crippen molar-refractivity contribution in [3.63, 3.8) is 0 Å². The molecule has 0 aliphatic rings. The third-order valence-electron chi connectivity index (χ3n) is 2.87. The van der Waals surface area contributed by atoms with Crippen LogP contribution in [0.3, 0.4) is 0 Å². The fraction of sp³-hybridized carbons (Fsp3) is 0.667. The van der Waals surface area contributed by atoms with Crippen molar-refractivity contribution in [2.75, 3.05) is 0 Å². The molecule has 6 heteroatoms. The van der Waals surface area contributed by atoms with Gasteiger partial charge in [-0.2, -0.15) is 13.2 Å². The van der Waals surface area contributed by atoms with Crippen LogP contribution in [-0.2, 0) is 4.79 Å². The molecule has 0 saturated heterocycles. The summed E-state index contributed by atoms with van der Waals surface area (Å²) in [6.45, 7) is 2.14. The van der Waals surface area contributed by atoms with Crippen LogP contribution >= 0.6 is 0 Å². The normalized spacial score (nSPS) is 12.5. The Morgan fingerprint density at radius 2 is 1.57 bits per heavy atom. The van der Waals surface area contributed by atoms with Gasteiger partial charge in [-0.1, -0.05) is 57.6 Å². The Balaban J connectivity index is 0. The molecule has 116 valence electrons. The van der Waals surface area contributed by atoms with Gasteiger partial charge in [0.25, 0.3) is 0 Å². The second-order valence-corrected chi connectivity index (χ2v) is 4.73. The molecule has 0 aromatic rings. The van der Waals surface area contributed by atoms with Crippen molar-refractivity contribution >= 4 is 5.97 Å². The molecule has 0 radical (unpaired) electrons. The smallest absolute Gasteiger partial charge is 0.545 e. The van der Waals surface area contributed by atoms with Crippen LogP contribution in [0, 0.1) is 0 Å². The molecule has 0 fully saturated rings. The van der Waals surface area contributed by atoms with Crippen LogP contribution in [-0.4, -0.2) is 12.1 Å². The van der Waals surface area contributed by atoms with Gasteiger partial charge in [-0.3, -0.25) is 0 Å². The van der Waals surface area contributed by atoms with Crippen LogP contribution in [0.25, 0.3) is 0 Å². The van der Waals surface area contributed by atoms with Crippen molar-refractivity contribution in [1.82, 2.24) is 0 Å². The van der Waals surface area contributed by atoms with Crippen LogP contribution in [0.15, 0.2) is 23.8 Å². The Labute approximate surface area is 146 Å². The van der Waals surface area contributed by atoms with Crippen LogP contribution in [0.4, 0.5) is 13.2 Å². The molecule has 0 unspecified atom stereocenters. The summed E-state index contributed by atoms with van der Waals surface area (Å²) < 4.78 is 37.3. The maximum Gasteiger partial charge on any atom is 1.00 e. The summed E-state index contributed by atoms with van der Waals surface area (Å²) in [7, 11) is 0. The van der Waals surface area contributed by atoms with Gasteiger partial charge in [-0.15, -0.1) is 0 Å². The average Bonchev–Trinajstić information content (AvgIpc) is 2.33. The Kier molecular flexibility index (Phi) is 14.7. The first-order valence-electron chi connectivity index (χ1n) is 7.04. The fourth-order valence-corrected chi connectivity index (χ4v) is 1.78. The predicted molar refractivity (Wildman–Crippen MR) is 70.9 cm³/mol. The molecule has 0 aromatic carbocycles. The van der Waals surface area contributed by atoms with Gasteiger partial charge < -0.3 is 9.90 Å². The van der Waals surface area contributed by atoms with Gasteiger partial charge in [0.05, 0.1) is 11.5 Å². The monoisotopic (exact) mass is 314 g/mol. The maximum atomic E-state index is 12.4. The first-order chi connectivity index (χ1) is 9.38. The summed E-state index contributed by atoms with van der Waals surface area (Å²) in [4.78, 5) is 10.2. The van der Waals surface area contributed by atoms with Crippen molar-refractivity contribution in [1.29, 1.82) is 0 Å². The van der Waals surface area contributed by atoms with Crippen LogP contribution in [0.5, 0.6) is 0 Å². The molecular formula is C15H22F3NaO2. The number of hydrogen-bond acceptors (Lipinski definition) is 2. The number of carbonyl (C=O) groups is 1. The van der Waals surface area contributed by atoms with Crippen molar-refractivity contribution in [3.8, 4) is 0 Å². The van der Waals surface area contributed by atoms with E-state index in [9.17, 15) is 23.1 Å². The topological polar surface area (TPSA) is 40.1 Å². The van der Waals surface area contributed by atoms with Crippen LogP contribution < -0.4 is 34.7 Å². The third kappa shape index (κ3) is 14.4. The summed E-state index contributed by atoms with van der Waals surface area (Å²) >= 11 is 0. The van der Waals surface area contributed by atoms with Crippen LogP contribution in [0.2, 0.25) is 0 Å². The Morgan fingerprint density at radius 3 is 2.05 bits per heavy atom. The number of halogens is 3. The van der Waals surface area contributed by atoms with E-state index in [1.807, 2.05) is 0 Å². The van der Waals surface area contributed by atoms with E-state index < -0.39 is 17.7 Å². The van der Waals surface area contributed by atoms with E-state index in [1.54, 1.807) is 0 Å². The largest absolute Gasteiger partial charge is 1.00 e. The van der Waals surface area contributed by atoms with Crippen LogP contribution in [0.1, 0.15) is 58.3 Å². The summed E-state index contributed by atoms with van der Waals surface area (Å²) in [5.74, 6) is -1.84. The predicted octanol–water partition coefficient (Wildman–Crippen LogP) is 0.926. The number of allylic oxidation sites excluding steroid dienone is 3. The zero-order chi connectivity index (χ0) is 15.4. The Bertz CT molecular complexity index is 336. The number of carboxylic acids is 1. The molecule has 21 heavy (non-hydrogen) atoms. The van der Waals surface area contributed by atoms with E-state index in [1.165, 1.54) is 25.3 Å². The van der Waals surface area contributed by atoms with Gasteiger partial charge in [0.1, 0.15) is 0 Å². The molecule has 0 aromatic heterocycles. The fourth-order valence-electron chi connectivity index (χ4n) is 1.78. The number of carboxylic acid groups (broad SMARTS) is 1. The SMILES string of the molecule is CCCCCCCCC/C=C/C(=C\C(=O)[O-])C(F)(F)F.[Na+]. The number of unbranched alkanes of at least 4 members (excludes halogenated alkanes) is 7. The zero-order valence-electron chi connectivity index (χ0n) is 12.8. The van der Waals surface area contributed by atoms with Crippen molar-refractivity contribution in [2.24, 2.45) is 0 Å².